The van der Waals surface area contributed by atoms with Crippen LogP contribution in [0.4, 0.5) is 0 Å². The van der Waals surface area contributed by atoms with E-state index in [4.69, 9.17) is 4.74 Å². The molecule has 1 fully saturated rings. The number of unbranched alkanes of at least 4 members (excludes halogenated alkanes) is 2. The van der Waals surface area contributed by atoms with E-state index in [0.717, 1.165) is 44.3 Å². The van der Waals surface area contributed by atoms with Gasteiger partial charge in [0.05, 0.1) is 6.10 Å². The Labute approximate surface area is 207 Å². The lowest BCUT2D eigenvalue weighted by molar-refractivity contribution is 0.0933. The highest BCUT2D eigenvalue weighted by Gasteiger charge is 2.21. The smallest absolute Gasteiger partial charge is 0.251 e. The van der Waals surface area contributed by atoms with Crippen LogP contribution >= 0.6 is 0 Å². The van der Waals surface area contributed by atoms with E-state index in [1.807, 2.05) is 12.1 Å². The first-order chi connectivity index (χ1) is 16.5. The second-order valence-corrected chi connectivity index (χ2v) is 10.3. The second-order valence-electron chi connectivity index (χ2n) is 10.3. The van der Waals surface area contributed by atoms with Crippen LogP contribution in [0.25, 0.3) is 0 Å². The number of carbonyl (C=O) groups excluding carboxylic acids is 1. The summed E-state index contributed by atoms with van der Waals surface area (Å²) in [5.41, 5.74) is 6.29. The highest BCUT2D eigenvalue weighted by molar-refractivity contribution is 5.94. The van der Waals surface area contributed by atoms with Crippen molar-refractivity contribution in [3.05, 3.63) is 70.3 Å². The molecule has 186 valence electrons. The highest BCUT2D eigenvalue weighted by Crippen LogP contribution is 2.26. The molecule has 1 N–H and O–H groups in total. The van der Waals surface area contributed by atoms with Crippen LogP contribution in [0.15, 0.2) is 42.5 Å². The predicted octanol–water partition coefficient (Wildman–Crippen LogP) is 7.41. The van der Waals surface area contributed by atoms with Crippen LogP contribution in [0.2, 0.25) is 0 Å². The van der Waals surface area contributed by atoms with Gasteiger partial charge in [-0.05, 0) is 85.3 Å². The fraction of sp³-hybridized carbons (Fsp3) is 0.581. The number of benzene rings is 2. The fourth-order valence-electron chi connectivity index (χ4n) is 4.90. The summed E-state index contributed by atoms with van der Waals surface area (Å²) in [5, 5.41) is 3.25. The third-order valence-corrected chi connectivity index (χ3v) is 7.16. The van der Waals surface area contributed by atoms with Crippen molar-refractivity contribution >= 4 is 5.91 Å². The van der Waals surface area contributed by atoms with Gasteiger partial charge in [-0.2, -0.15) is 0 Å². The van der Waals surface area contributed by atoms with Gasteiger partial charge in [0.15, 0.2) is 0 Å². The molecule has 0 bridgehead atoms. The minimum atomic E-state index is 0.0444. The fourth-order valence-corrected chi connectivity index (χ4v) is 4.90. The van der Waals surface area contributed by atoms with Crippen LogP contribution in [0.3, 0.4) is 0 Å². The highest BCUT2D eigenvalue weighted by atomic mass is 16.5. The Morgan fingerprint density at radius 2 is 1.79 bits per heavy atom. The lowest BCUT2D eigenvalue weighted by atomic mass is 9.85. The van der Waals surface area contributed by atoms with E-state index in [1.54, 1.807) is 0 Å². The first-order valence-corrected chi connectivity index (χ1v) is 13.6. The van der Waals surface area contributed by atoms with Crippen molar-refractivity contribution in [1.82, 2.24) is 5.32 Å². The maximum absolute atomic E-state index is 12.7. The summed E-state index contributed by atoms with van der Waals surface area (Å²) in [5.74, 6) is 0.606. The van der Waals surface area contributed by atoms with E-state index in [9.17, 15) is 4.79 Å². The number of ether oxygens (including phenoxy) is 1. The largest absolute Gasteiger partial charge is 0.378 e. The van der Waals surface area contributed by atoms with Gasteiger partial charge in [-0.15, -0.1) is 0 Å². The van der Waals surface area contributed by atoms with Crippen molar-refractivity contribution in [2.24, 2.45) is 0 Å². The summed E-state index contributed by atoms with van der Waals surface area (Å²) in [7, 11) is 0. The van der Waals surface area contributed by atoms with Gasteiger partial charge in [0.2, 0.25) is 0 Å². The van der Waals surface area contributed by atoms with Crippen LogP contribution in [0.5, 0.6) is 0 Å². The van der Waals surface area contributed by atoms with Crippen LogP contribution in [-0.2, 0) is 24.0 Å². The van der Waals surface area contributed by atoms with Crippen molar-refractivity contribution in [2.75, 3.05) is 6.61 Å². The van der Waals surface area contributed by atoms with Gasteiger partial charge in [-0.3, -0.25) is 4.79 Å². The summed E-state index contributed by atoms with van der Waals surface area (Å²) >= 11 is 0. The molecule has 0 spiro atoms. The molecular formula is C31H45NO2. The molecule has 1 amide bonds. The maximum Gasteiger partial charge on any atom is 0.251 e. The second kappa shape index (κ2) is 13.7. The van der Waals surface area contributed by atoms with Gasteiger partial charge < -0.3 is 10.1 Å². The molecule has 1 aliphatic carbocycles. The quantitative estimate of drug-likeness (QED) is 0.443. The SMILES string of the molecule is CC(C)c1ccc2c(c1)CCC(NC(=O)c1ccc(CCC3CCCO3)cc1)C2.CCCCC. The average Bonchev–Trinajstić information content (AvgIpc) is 3.37. The zero-order valence-corrected chi connectivity index (χ0v) is 21.9. The van der Waals surface area contributed by atoms with Gasteiger partial charge in [-0.1, -0.05) is 77.3 Å². The molecule has 4 rings (SSSR count). The molecule has 34 heavy (non-hydrogen) atoms. The van der Waals surface area contributed by atoms with Crippen LogP contribution < -0.4 is 5.32 Å². The molecule has 2 aromatic rings. The van der Waals surface area contributed by atoms with E-state index in [0.29, 0.717) is 12.0 Å². The molecular weight excluding hydrogens is 418 g/mol. The zero-order chi connectivity index (χ0) is 24.3. The van der Waals surface area contributed by atoms with Gasteiger partial charge >= 0.3 is 0 Å². The summed E-state index contributed by atoms with van der Waals surface area (Å²) in [6, 6.07) is 15.2. The molecule has 3 nitrogen and oxygen atoms in total. The van der Waals surface area contributed by atoms with E-state index in [-0.39, 0.29) is 11.9 Å². The molecule has 3 heteroatoms. The van der Waals surface area contributed by atoms with Gasteiger partial charge in [0.1, 0.15) is 0 Å². The number of hydrogen-bond donors (Lipinski definition) is 1. The predicted molar refractivity (Wildman–Crippen MR) is 143 cm³/mol. The van der Waals surface area contributed by atoms with Crippen molar-refractivity contribution in [2.45, 2.75) is 110 Å². The first kappa shape index (κ1) is 26.5. The minimum Gasteiger partial charge on any atom is -0.378 e. The lowest BCUT2D eigenvalue weighted by Crippen LogP contribution is -2.38. The molecule has 0 saturated carbocycles. The molecule has 2 aromatic carbocycles. The summed E-state index contributed by atoms with van der Waals surface area (Å²) in [6.45, 7) is 9.81. The molecule has 1 saturated heterocycles. The van der Waals surface area contributed by atoms with Crippen molar-refractivity contribution in [3.8, 4) is 0 Å². The number of hydrogen-bond acceptors (Lipinski definition) is 2. The Morgan fingerprint density at radius 3 is 2.41 bits per heavy atom. The van der Waals surface area contributed by atoms with Crippen molar-refractivity contribution < 1.29 is 9.53 Å². The van der Waals surface area contributed by atoms with Crippen molar-refractivity contribution in [1.29, 1.82) is 0 Å². The summed E-state index contributed by atoms with van der Waals surface area (Å²) in [6.07, 6.45) is 12.0. The Morgan fingerprint density at radius 1 is 1.03 bits per heavy atom. The van der Waals surface area contributed by atoms with E-state index >= 15 is 0 Å². The molecule has 1 heterocycles. The average molecular weight is 464 g/mol. The number of nitrogens with one attached hydrogen (secondary N) is 1. The molecule has 0 aromatic heterocycles. The van der Waals surface area contributed by atoms with Gasteiger partial charge in [0, 0.05) is 18.2 Å². The number of carbonyl (C=O) groups is 1. The van der Waals surface area contributed by atoms with Crippen LogP contribution in [0.1, 0.15) is 111 Å². The van der Waals surface area contributed by atoms with E-state index in [1.165, 1.54) is 54.4 Å². The van der Waals surface area contributed by atoms with Crippen LogP contribution in [0, 0.1) is 0 Å². The Hall–Kier alpha value is -2.13. The number of amides is 1. The molecule has 0 radical (unpaired) electrons. The van der Waals surface area contributed by atoms with E-state index in [2.05, 4.69) is 63.3 Å². The third kappa shape index (κ3) is 7.98. The normalized spacial score (nSPS) is 19.3. The van der Waals surface area contributed by atoms with E-state index < -0.39 is 0 Å². The molecule has 2 atom stereocenters. The number of fused-ring (bicyclic) bond motifs is 1. The lowest BCUT2D eigenvalue weighted by Gasteiger charge is -2.26. The standard InChI is InChI=1S/C26H33NO2.C5H12/c1-18(2)21-10-11-23-17-24(13-12-22(23)16-21)27-26(28)20-8-5-19(6-9-20)7-14-25-4-3-15-29-25;1-3-5-4-2/h5-6,8-11,16,18,24-25H,3-4,7,12-15,17H2,1-2H3,(H,27,28);3-5H2,1-2H3. The summed E-state index contributed by atoms with van der Waals surface area (Å²) in [4.78, 5) is 12.7. The topological polar surface area (TPSA) is 38.3 Å². The Balaban J connectivity index is 0.000000588. The van der Waals surface area contributed by atoms with Gasteiger partial charge in [-0.25, -0.2) is 0 Å². The molecule has 1 aliphatic heterocycles. The Kier molecular flexibility index (Phi) is 10.7. The zero-order valence-electron chi connectivity index (χ0n) is 21.9. The monoisotopic (exact) mass is 463 g/mol. The Bertz CT molecular complexity index is 879. The first-order valence-electron chi connectivity index (χ1n) is 13.6. The molecule has 2 unspecified atom stereocenters. The van der Waals surface area contributed by atoms with Crippen molar-refractivity contribution in [3.63, 3.8) is 0 Å². The number of rotatable bonds is 8. The number of aryl methyl sites for hydroxylation is 2. The van der Waals surface area contributed by atoms with Gasteiger partial charge in [0.25, 0.3) is 5.91 Å². The van der Waals surface area contributed by atoms with Crippen LogP contribution in [-0.4, -0.2) is 24.7 Å². The maximum atomic E-state index is 12.7. The molecule has 2 aliphatic rings. The third-order valence-electron chi connectivity index (χ3n) is 7.16. The minimum absolute atomic E-state index is 0.0444. The summed E-state index contributed by atoms with van der Waals surface area (Å²) < 4.78 is 5.70.